The van der Waals surface area contributed by atoms with Gasteiger partial charge in [-0.05, 0) is 24.1 Å². The average Bonchev–Trinajstić information content (AvgIpc) is 2.14. The van der Waals surface area contributed by atoms with Gasteiger partial charge in [-0.3, -0.25) is 0 Å². The molecule has 0 radical (unpaired) electrons. The third-order valence-corrected chi connectivity index (χ3v) is 4.31. The van der Waals surface area contributed by atoms with Gasteiger partial charge in [0.1, 0.15) is 0 Å². The number of benzene rings is 1. The van der Waals surface area contributed by atoms with Crippen LogP contribution in [0.15, 0.2) is 28.0 Å². The molecule has 0 bridgehead atoms. The molecule has 1 aromatic rings. The van der Waals surface area contributed by atoms with Gasteiger partial charge in [0, 0.05) is 16.3 Å². The van der Waals surface area contributed by atoms with E-state index >= 15 is 0 Å². The predicted octanol–water partition coefficient (Wildman–Crippen LogP) is 1.66. The van der Waals surface area contributed by atoms with Gasteiger partial charge in [0.05, 0.1) is 4.90 Å². The fourth-order valence-corrected chi connectivity index (χ4v) is 2.54. The van der Waals surface area contributed by atoms with Crippen LogP contribution >= 0.6 is 11.8 Å². The summed E-state index contributed by atoms with van der Waals surface area (Å²) in [7, 11) is -3.66. The van der Waals surface area contributed by atoms with Crippen molar-refractivity contribution >= 4 is 27.5 Å². The lowest BCUT2D eigenvalue weighted by Crippen LogP contribution is -2.12. The van der Waals surface area contributed by atoms with Gasteiger partial charge in [0.25, 0.3) is 0 Å². The molecule has 90 valence electrons. The van der Waals surface area contributed by atoms with Crippen LogP contribution in [0.5, 0.6) is 0 Å². The van der Waals surface area contributed by atoms with Crippen LogP contribution < -0.4 is 10.9 Å². The van der Waals surface area contributed by atoms with E-state index in [9.17, 15) is 8.42 Å². The van der Waals surface area contributed by atoms with Crippen molar-refractivity contribution in [1.29, 1.82) is 0 Å². The molecule has 0 atom stereocenters. The highest BCUT2D eigenvalue weighted by atomic mass is 32.2. The molecule has 4 N–H and O–H groups in total. The molecule has 0 saturated carbocycles. The van der Waals surface area contributed by atoms with Gasteiger partial charge < -0.3 is 5.73 Å². The van der Waals surface area contributed by atoms with E-state index in [4.69, 9.17) is 10.9 Å². The highest BCUT2D eigenvalue weighted by Gasteiger charge is 2.10. The Kier molecular flexibility index (Phi) is 4.23. The number of primary sulfonamides is 1. The summed E-state index contributed by atoms with van der Waals surface area (Å²) < 4.78 is 22.2. The third-order valence-electron chi connectivity index (χ3n) is 1.88. The van der Waals surface area contributed by atoms with Gasteiger partial charge in [-0.15, -0.1) is 11.8 Å². The zero-order valence-corrected chi connectivity index (χ0v) is 10.9. The first-order valence-corrected chi connectivity index (χ1v) is 7.39. The van der Waals surface area contributed by atoms with E-state index in [0.717, 1.165) is 10.6 Å². The molecule has 4 nitrogen and oxygen atoms in total. The summed E-state index contributed by atoms with van der Waals surface area (Å²) in [6, 6.07) is 4.58. The highest BCUT2D eigenvalue weighted by molar-refractivity contribution is 7.99. The Bertz CT molecular complexity index is 470. The molecule has 0 heterocycles. The largest absolute Gasteiger partial charge is 0.398 e. The second-order valence-electron chi connectivity index (χ2n) is 3.95. The molecule has 0 saturated heterocycles. The second kappa shape index (κ2) is 5.07. The number of anilines is 1. The van der Waals surface area contributed by atoms with Gasteiger partial charge in [0.15, 0.2) is 0 Å². The first kappa shape index (κ1) is 13.3. The zero-order valence-electron chi connectivity index (χ0n) is 9.30. The van der Waals surface area contributed by atoms with E-state index in [1.807, 2.05) is 0 Å². The number of sulfonamides is 1. The molecule has 0 aliphatic carbocycles. The molecule has 0 fully saturated rings. The lowest BCUT2D eigenvalue weighted by atomic mass is 10.3. The molecule has 0 amide bonds. The fraction of sp³-hybridized carbons (Fsp3) is 0.400. The molecule has 1 aromatic carbocycles. The van der Waals surface area contributed by atoms with Crippen LogP contribution in [0.1, 0.15) is 13.8 Å². The Morgan fingerprint density at radius 2 is 2.00 bits per heavy atom. The summed E-state index contributed by atoms with van der Waals surface area (Å²) in [5.74, 6) is 1.50. The maximum Gasteiger partial charge on any atom is 0.238 e. The van der Waals surface area contributed by atoms with Gasteiger partial charge in [-0.25, -0.2) is 13.6 Å². The van der Waals surface area contributed by atoms with Crippen molar-refractivity contribution in [2.45, 2.75) is 23.6 Å². The van der Waals surface area contributed by atoms with Gasteiger partial charge >= 0.3 is 0 Å². The Morgan fingerprint density at radius 1 is 1.38 bits per heavy atom. The van der Waals surface area contributed by atoms with Crippen LogP contribution in [0.2, 0.25) is 0 Å². The molecule has 1 rings (SSSR count). The molecule has 0 aliphatic rings. The Balaban J connectivity index is 2.92. The van der Waals surface area contributed by atoms with Crippen LogP contribution in [0.4, 0.5) is 5.69 Å². The molecular formula is C10H16N2O2S2. The minimum absolute atomic E-state index is 0.0545. The van der Waals surface area contributed by atoms with Crippen molar-refractivity contribution in [3.05, 3.63) is 18.2 Å². The summed E-state index contributed by atoms with van der Waals surface area (Å²) in [5.41, 5.74) is 6.22. The van der Waals surface area contributed by atoms with Crippen molar-refractivity contribution in [1.82, 2.24) is 0 Å². The Labute approximate surface area is 100 Å². The average molecular weight is 260 g/mol. The van der Waals surface area contributed by atoms with Gasteiger partial charge in [-0.1, -0.05) is 13.8 Å². The lowest BCUT2D eigenvalue weighted by Gasteiger charge is -2.08. The van der Waals surface area contributed by atoms with Crippen molar-refractivity contribution in [2.75, 3.05) is 11.5 Å². The monoisotopic (exact) mass is 260 g/mol. The Hall–Kier alpha value is -0.720. The van der Waals surface area contributed by atoms with Crippen LogP contribution in [0.3, 0.4) is 0 Å². The number of hydrogen-bond donors (Lipinski definition) is 2. The third kappa shape index (κ3) is 3.70. The molecular weight excluding hydrogens is 244 g/mol. The molecule has 0 aromatic heterocycles. The first-order chi connectivity index (χ1) is 7.30. The first-order valence-electron chi connectivity index (χ1n) is 4.86. The SMILES string of the molecule is CC(C)CSc1ccc(S(N)(=O)=O)cc1N. The van der Waals surface area contributed by atoms with E-state index in [2.05, 4.69) is 13.8 Å². The minimum atomic E-state index is -3.66. The van der Waals surface area contributed by atoms with Crippen molar-refractivity contribution < 1.29 is 8.42 Å². The van der Waals surface area contributed by atoms with Gasteiger partial charge in [-0.2, -0.15) is 0 Å². The summed E-state index contributed by atoms with van der Waals surface area (Å²) in [6.45, 7) is 4.23. The quantitative estimate of drug-likeness (QED) is 0.637. The fourth-order valence-electron chi connectivity index (χ4n) is 1.09. The molecule has 16 heavy (non-hydrogen) atoms. The highest BCUT2D eigenvalue weighted by Crippen LogP contribution is 2.28. The molecule has 0 spiro atoms. The number of nitrogen functional groups attached to an aromatic ring is 1. The lowest BCUT2D eigenvalue weighted by molar-refractivity contribution is 0.598. The molecule has 0 aliphatic heterocycles. The van der Waals surface area contributed by atoms with Crippen LogP contribution in [-0.4, -0.2) is 14.2 Å². The van der Waals surface area contributed by atoms with Crippen LogP contribution in [0.25, 0.3) is 0 Å². The van der Waals surface area contributed by atoms with Crippen molar-refractivity contribution in [3.8, 4) is 0 Å². The number of nitrogens with two attached hydrogens (primary N) is 2. The maximum absolute atomic E-state index is 11.1. The van der Waals surface area contributed by atoms with Crippen molar-refractivity contribution in [2.24, 2.45) is 11.1 Å². The van der Waals surface area contributed by atoms with E-state index in [-0.39, 0.29) is 4.90 Å². The molecule has 6 heteroatoms. The van der Waals surface area contributed by atoms with E-state index < -0.39 is 10.0 Å². The summed E-state index contributed by atoms with van der Waals surface area (Å²) in [6.07, 6.45) is 0. The van der Waals surface area contributed by atoms with E-state index in [1.165, 1.54) is 12.1 Å². The summed E-state index contributed by atoms with van der Waals surface area (Å²) in [5, 5.41) is 5.01. The number of rotatable bonds is 4. The van der Waals surface area contributed by atoms with Crippen molar-refractivity contribution in [3.63, 3.8) is 0 Å². The van der Waals surface area contributed by atoms with Crippen LogP contribution in [-0.2, 0) is 10.0 Å². The molecule has 0 unspecified atom stereocenters. The number of hydrogen-bond acceptors (Lipinski definition) is 4. The topological polar surface area (TPSA) is 86.2 Å². The standard InChI is InChI=1S/C10H16N2O2S2/c1-7(2)6-15-10-4-3-8(5-9(10)11)16(12,13)14/h3-5,7H,6,11H2,1-2H3,(H2,12,13,14). The van der Waals surface area contributed by atoms with Crippen LogP contribution in [0, 0.1) is 5.92 Å². The summed E-state index contributed by atoms with van der Waals surface area (Å²) >= 11 is 1.61. The summed E-state index contributed by atoms with van der Waals surface area (Å²) in [4.78, 5) is 0.944. The number of thioether (sulfide) groups is 1. The smallest absolute Gasteiger partial charge is 0.238 e. The minimum Gasteiger partial charge on any atom is -0.398 e. The normalized spacial score (nSPS) is 12.0. The maximum atomic E-state index is 11.1. The predicted molar refractivity (Wildman–Crippen MR) is 67.8 cm³/mol. The van der Waals surface area contributed by atoms with E-state index in [1.54, 1.807) is 17.8 Å². The Morgan fingerprint density at radius 3 is 2.44 bits per heavy atom. The van der Waals surface area contributed by atoms with E-state index in [0.29, 0.717) is 11.6 Å². The van der Waals surface area contributed by atoms with Gasteiger partial charge in [0.2, 0.25) is 10.0 Å². The second-order valence-corrected chi connectivity index (χ2v) is 6.57. The zero-order chi connectivity index (χ0) is 12.3.